The molecule has 0 aliphatic heterocycles. The Kier molecular flexibility index (Phi) is 3.22. The molecular formula is C7H5ClF2IN. The van der Waals surface area contributed by atoms with E-state index in [1.54, 1.807) is 6.92 Å². The summed E-state index contributed by atoms with van der Waals surface area (Å²) in [6.07, 6.45) is -2.60. The Hall–Kier alpha value is 0.0300. The van der Waals surface area contributed by atoms with Gasteiger partial charge in [0.1, 0.15) is 9.39 Å². The number of pyridine rings is 1. The first-order valence-electron chi connectivity index (χ1n) is 3.13. The van der Waals surface area contributed by atoms with E-state index in [-0.39, 0.29) is 10.7 Å². The van der Waals surface area contributed by atoms with Crippen LogP contribution in [-0.2, 0) is 0 Å². The summed E-state index contributed by atoms with van der Waals surface area (Å²) in [6, 6.07) is 1.50. The monoisotopic (exact) mass is 303 g/mol. The number of aromatic nitrogens is 1. The zero-order valence-electron chi connectivity index (χ0n) is 6.11. The molecule has 0 atom stereocenters. The lowest BCUT2D eigenvalue weighted by molar-refractivity contribution is 0.146. The highest BCUT2D eigenvalue weighted by Gasteiger charge is 2.15. The molecule has 0 saturated carbocycles. The first kappa shape index (κ1) is 10.1. The standard InChI is InChI=1S/C7H5ClF2IN/c1-3-2-4(8)5(6(9)10)12-7(3)11/h2,6H,1H3. The largest absolute Gasteiger partial charge is 0.281 e. The zero-order valence-corrected chi connectivity index (χ0v) is 9.03. The molecule has 0 spiro atoms. The van der Waals surface area contributed by atoms with Crippen LogP contribution in [0.15, 0.2) is 6.07 Å². The third-order valence-corrected chi connectivity index (χ3v) is 2.73. The molecular weight excluding hydrogens is 298 g/mol. The van der Waals surface area contributed by atoms with Gasteiger partial charge in [0.25, 0.3) is 6.43 Å². The van der Waals surface area contributed by atoms with Crippen LogP contribution >= 0.6 is 34.2 Å². The van der Waals surface area contributed by atoms with E-state index < -0.39 is 6.43 Å². The second kappa shape index (κ2) is 3.83. The van der Waals surface area contributed by atoms with Crippen molar-refractivity contribution in [2.24, 2.45) is 0 Å². The molecule has 0 aliphatic rings. The number of nitrogens with zero attached hydrogens (tertiary/aromatic N) is 1. The number of halogens is 4. The highest BCUT2D eigenvalue weighted by atomic mass is 127. The van der Waals surface area contributed by atoms with Gasteiger partial charge in [-0.05, 0) is 41.1 Å². The second-order valence-corrected chi connectivity index (χ2v) is 3.69. The predicted octanol–water partition coefficient (Wildman–Crippen LogP) is 3.59. The summed E-state index contributed by atoms with van der Waals surface area (Å²) < 4.78 is 24.9. The first-order valence-corrected chi connectivity index (χ1v) is 4.58. The van der Waals surface area contributed by atoms with E-state index in [1.165, 1.54) is 6.07 Å². The van der Waals surface area contributed by atoms with Crippen LogP contribution in [-0.4, -0.2) is 4.98 Å². The predicted molar refractivity (Wildman–Crippen MR) is 51.7 cm³/mol. The molecule has 5 heteroatoms. The molecule has 0 aliphatic carbocycles. The number of alkyl halides is 2. The van der Waals surface area contributed by atoms with Crippen molar-refractivity contribution in [3.8, 4) is 0 Å². The van der Waals surface area contributed by atoms with Crippen LogP contribution in [0.2, 0.25) is 5.02 Å². The van der Waals surface area contributed by atoms with Crippen LogP contribution in [0, 0.1) is 10.6 Å². The number of hydrogen-bond donors (Lipinski definition) is 0. The van der Waals surface area contributed by atoms with Gasteiger partial charge in [0, 0.05) is 0 Å². The Labute approximate surface area is 87.3 Å². The minimum Gasteiger partial charge on any atom is -0.239 e. The van der Waals surface area contributed by atoms with Gasteiger partial charge in [-0.1, -0.05) is 11.6 Å². The molecule has 1 nitrogen and oxygen atoms in total. The van der Waals surface area contributed by atoms with Crippen molar-refractivity contribution in [2.45, 2.75) is 13.3 Å². The summed E-state index contributed by atoms with van der Waals surface area (Å²) in [5.41, 5.74) is 0.469. The molecule has 12 heavy (non-hydrogen) atoms. The lowest BCUT2D eigenvalue weighted by atomic mass is 10.3. The highest BCUT2D eigenvalue weighted by molar-refractivity contribution is 14.1. The molecule has 1 aromatic heterocycles. The smallest absolute Gasteiger partial charge is 0.239 e. The Morgan fingerprint density at radius 1 is 1.58 bits per heavy atom. The van der Waals surface area contributed by atoms with Crippen molar-refractivity contribution in [1.82, 2.24) is 4.98 Å². The molecule has 0 amide bonds. The van der Waals surface area contributed by atoms with Gasteiger partial charge in [-0.3, -0.25) is 0 Å². The van der Waals surface area contributed by atoms with E-state index >= 15 is 0 Å². The zero-order chi connectivity index (χ0) is 9.30. The van der Waals surface area contributed by atoms with Crippen LogP contribution in [0.5, 0.6) is 0 Å². The van der Waals surface area contributed by atoms with Crippen LogP contribution < -0.4 is 0 Å². The van der Waals surface area contributed by atoms with E-state index in [9.17, 15) is 8.78 Å². The normalized spacial score (nSPS) is 10.8. The van der Waals surface area contributed by atoms with Crippen molar-refractivity contribution < 1.29 is 8.78 Å². The maximum Gasteiger partial charge on any atom is 0.281 e. The van der Waals surface area contributed by atoms with Gasteiger partial charge in [0.15, 0.2) is 0 Å². The molecule has 1 aromatic rings. The minimum atomic E-state index is -2.60. The van der Waals surface area contributed by atoms with Crippen molar-refractivity contribution in [1.29, 1.82) is 0 Å². The molecule has 0 radical (unpaired) electrons. The van der Waals surface area contributed by atoms with Crippen LogP contribution in [0.4, 0.5) is 8.78 Å². The van der Waals surface area contributed by atoms with E-state index in [0.717, 1.165) is 5.56 Å². The quantitative estimate of drug-likeness (QED) is 0.571. The molecule has 0 bridgehead atoms. The van der Waals surface area contributed by atoms with Gasteiger partial charge in [-0.25, -0.2) is 13.8 Å². The molecule has 1 heterocycles. The summed E-state index contributed by atoms with van der Waals surface area (Å²) in [5, 5.41) is 0.0305. The Balaban J connectivity index is 3.23. The fraction of sp³-hybridized carbons (Fsp3) is 0.286. The van der Waals surface area contributed by atoms with E-state index in [0.29, 0.717) is 3.70 Å². The number of aryl methyl sites for hydroxylation is 1. The van der Waals surface area contributed by atoms with Gasteiger partial charge < -0.3 is 0 Å². The summed E-state index contributed by atoms with van der Waals surface area (Å²) in [4.78, 5) is 3.68. The summed E-state index contributed by atoms with van der Waals surface area (Å²) >= 11 is 7.45. The maximum absolute atomic E-state index is 12.2. The average Bonchev–Trinajstić information content (AvgIpc) is 1.96. The Morgan fingerprint density at radius 2 is 2.17 bits per heavy atom. The fourth-order valence-electron chi connectivity index (χ4n) is 0.724. The lowest BCUT2D eigenvalue weighted by Gasteiger charge is -2.04. The molecule has 0 unspecified atom stereocenters. The fourth-order valence-corrected chi connectivity index (χ4v) is 1.43. The number of hydrogen-bond acceptors (Lipinski definition) is 1. The summed E-state index contributed by atoms with van der Waals surface area (Å²) in [7, 11) is 0. The van der Waals surface area contributed by atoms with Gasteiger partial charge in [-0.15, -0.1) is 0 Å². The summed E-state index contributed by atoms with van der Waals surface area (Å²) in [5.74, 6) is 0. The van der Waals surface area contributed by atoms with Crippen LogP contribution in [0.25, 0.3) is 0 Å². The third kappa shape index (κ3) is 2.04. The van der Waals surface area contributed by atoms with Crippen molar-refractivity contribution in [3.63, 3.8) is 0 Å². The Bertz CT molecular complexity index is 304. The van der Waals surface area contributed by atoms with Gasteiger partial charge in [0.2, 0.25) is 0 Å². The molecule has 66 valence electrons. The van der Waals surface area contributed by atoms with E-state index in [1.807, 2.05) is 22.6 Å². The molecule has 1 rings (SSSR count). The van der Waals surface area contributed by atoms with Crippen molar-refractivity contribution in [2.75, 3.05) is 0 Å². The minimum absolute atomic E-state index is 0.0305. The third-order valence-electron chi connectivity index (χ3n) is 1.34. The first-order chi connectivity index (χ1) is 5.52. The van der Waals surface area contributed by atoms with Crippen molar-refractivity contribution in [3.05, 3.63) is 26.0 Å². The highest BCUT2D eigenvalue weighted by Crippen LogP contribution is 2.27. The molecule has 0 fully saturated rings. The summed E-state index contributed by atoms with van der Waals surface area (Å²) in [6.45, 7) is 1.77. The molecule has 0 saturated heterocycles. The lowest BCUT2D eigenvalue weighted by Crippen LogP contribution is -1.96. The number of rotatable bonds is 1. The SMILES string of the molecule is Cc1cc(Cl)c(C(F)F)nc1I. The van der Waals surface area contributed by atoms with E-state index in [4.69, 9.17) is 11.6 Å². The van der Waals surface area contributed by atoms with E-state index in [2.05, 4.69) is 4.98 Å². The average molecular weight is 303 g/mol. The van der Waals surface area contributed by atoms with Crippen LogP contribution in [0.3, 0.4) is 0 Å². The molecule has 0 aromatic carbocycles. The Morgan fingerprint density at radius 3 is 2.67 bits per heavy atom. The van der Waals surface area contributed by atoms with Crippen molar-refractivity contribution >= 4 is 34.2 Å². The second-order valence-electron chi connectivity index (χ2n) is 2.26. The molecule has 0 N–H and O–H groups in total. The van der Waals surface area contributed by atoms with Crippen LogP contribution in [0.1, 0.15) is 17.7 Å². The topological polar surface area (TPSA) is 12.9 Å². The van der Waals surface area contributed by atoms with Gasteiger partial charge in [-0.2, -0.15) is 0 Å². The maximum atomic E-state index is 12.2. The van der Waals surface area contributed by atoms with Gasteiger partial charge in [0.05, 0.1) is 5.02 Å². The van der Waals surface area contributed by atoms with Gasteiger partial charge >= 0.3 is 0 Å².